The third-order valence-corrected chi connectivity index (χ3v) is 5.78. The first-order valence-corrected chi connectivity index (χ1v) is 10.2. The van der Waals surface area contributed by atoms with Crippen LogP contribution in [0.25, 0.3) is 22.3 Å². The molecule has 0 saturated carbocycles. The van der Waals surface area contributed by atoms with Crippen molar-refractivity contribution in [2.75, 3.05) is 0 Å². The SMILES string of the molecule is C=CC(=O)Sc1ccc(-c2ccc(-c3ccc(SC(=O)C=C)cc3)cc2)cc1. The van der Waals surface area contributed by atoms with Gasteiger partial charge in [-0.1, -0.05) is 61.7 Å². The summed E-state index contributed by atoms with van der Waals surface area (Å²) in [4.78, 5) is 24.6. The lowest BCUT2D eigenvalue weighted by Gasteiger charge is -2.07. The summed E-state index contributed by atoms with van der Waals surface area (Å²) < 4.78 is 0. The van der Waals surface area contributed by atoms with Crippen molar-refractivity contribution in [1.82, 2.24) is 0 Å². The third-order valence-electron chi connectivity index (χ3n) is 4.03. The average molecular weight is 403 g/mol. The average Bonchev–Trinajstić information content (AvgIpc) is 2.75. The summed E-state index contributed by atoms with van der Waals surface area (Å²) in [5, 5.41) is -0.120. The van der Waals surface area contributed by atoms with Crippen LogP contribution in [0.4, 0.5) is 0 Å². The molecule has 3 aromatic rings. The van der Waals surface area contributed by atoms with Gasteiger partial charge >= 0.3 is 0 Å². The van der Waals surface area contributed by atoms with Crippen molar-refractivity contribution in [3.05, 3.63) is 98.1 Å². The molecule has 0 aliphatic heterocycles. The van der Waals surface area contributed by atoms with E-state index in [0.29, 0.717) is 0 Å². The van der Waals surface area contributed by atoms with Crippen LogP contribution in [0.3, 0.4) is 0 Å². The quantitative estimate of drug-likeness (QED) is 0.342. The first kappa shape index (κ1) is 19.9. The number of carbonyl (C=O) groups is 2. The van der Waals surface area contributed by atoms with Crippen LogP contribution in [-0.4, -0.2) is 10.2 Å². The minimum Gasteiger partial charge on any atom is -0.282 e. The zero-order valence-corrected chi connectivity index (χ0v) is 16.8. The van der Waals surface area contributed by atoms with Gasteiger partial charge in [0.2, 0.25) is 10.2 Å². The van der Waals surface area contributed by atoms with Gasteiger partial charge in [-0.25, -0.2) is 0 Å². The molecule has 0 radical (unpaired) electrons. The Hall–Kier alpha value is -2.82. The predicted octanol–water partition coefficient (Wildman–Crippen LogP) is 6.63. The first-order valence-electron chi connectivity index (χ1n) is 8.58. The molecule has 0 atom stereocenters. The summed E-state index contributed by atoms with van der Waals surface area (Å²) in [6.07, 6.45) is 2.64. The van der Waals surface area contributed by atoms with Crippen LogP contribution in [0.2, 0.25) is 0 Å². The summed E-state index contributed by atoms with van der Waals surface area (Å²) in [7, 11) is 0. The van der Waals surface area contributed by atoms with Crippen molar-refractivity contribution in [3.8, 4) is 22.3 Å². The number of hydrogen-bond donors (Lipinski definition) is 0. The minimum atomic E-state index is -0.0598. The number of thioether (sulfide) groups is 2. The molecule has 0 unspecified atom stereocenters. The first-order chi connectivity index (χ1) is 13.6. The second-order valence-corrected chi connectivity index (χ2v) is 8.03. The molecule has 138 valence electrons. The maximum atomic E-state index is 11.4. The van der Waals surface area contributed by atoms with E-state index in [9.17, 15) is 9.59 Å². The largest absolute Gasteiger partial charge is 0.282 e. The van der Waals surface area contributed by atoms with Gasteiger partial charge in [-0.2, -0.15) is 0 Å². The van der Waals surface area contributed by atoms with Crippen molar-refractivity contribution >= 4 is 33.8 Å². The monoisotopic (exact) mass is 402 g/mol. The topological polar surface area (TPSA) is 34.1 Å². The second kappa shape index (κ2) is 9.40. The highest BCUT2D eigenvalue weighted by Crippen LogP contribution is 2.29. The van der Waals surface area contributed by atoms with E-state index in [1.165, 1.54) is 35.7 Å². The van der Waals surface area contributed by atoms with Crippen molar-refractivity contribution in [2.45, 2.75) is 9.79 Å². The fourth-order valence-electron chi connectivity index (χ4n) is 2.60. The fourth-order valence-corrected chi connectivity index (χ4v) is 3.78. The molecule has 0 aromatic heterocycles. The molecule has 0 bridgehead atoms. The molecule has 0 spiro atoms. The van der Waals surface area contributed by atoms with Crippen molar-refractivity contribution in [1.29, 1.82) is 0 Å². The molecule has 0 aliphatic rings. The Balaban J connectivity index is 1.72. The van der Waals surface area contributed by atoms with Crippen LogP contribution in [0.5, 0.6) is 0 Å². The molecule has 3 rings (SSSR count). The van der Waals surface area contributed by atoms with Crippen LogP contribution in [-0.2, 0) is 9.59 Å². The molecule has 0 fully saturated rings. The van der Waals surface area contributed by atoms with Gasteiger partial charge in [-0.3, -0.25) is 9.59 Å². The minimum absolute atomic E-state index is 0.0598. The Morgan fingerprint density at radius 3 is 1.04 bits per heavy atom. The third kappa shape index (κ3) is 5.12. The lowest BCUT2D eigenvalue weighted by Crippen LogP contribution is -1.85. The van der Waals surface area contributed by atoms with Crippen LogP contribution in [0.15, 0.2) is 108 Å². The lowest BCUT2D eigenvalue weighted by atomic mass is 10.0. The Bertz CT molecular complexity index is 917. The summed E-state index contributed by atoms with van der Waals surface area (Å²) in [6.45, 7) is 6.97. The summed E-state index contributed by atoms with van der Waals surface area (Å²) in [5.74, 6) is 0. The van der Waals surface area contributed by atoms with E-state index in [1.807, 2.05) is 48.5 Å². The molecule has 3 aromatic carbocycles. The fraction of sp³-hybridized carbons (Fsp3) is 0. The predicted molar refractivity (Wildman–Crippen MR) is 119 cm³/mol. The molecule has 0 amide bonds. The highest BCUT2D eigenvalue weighted by atomic mass is 32.2. The van der Waals surface area contributed by atoms with E-state index in [1.54, 1.807) is 0 Å². The molecular weight excluding hydrogens is 384 g/mol. The van der Waals surface area contributed by atoms with Crippen molar-refractivity contribution in [3.63, 3.8) is 0 Å². The van der Waals surface area contributed by atoms with E-state index >= 15 is 0 Å². The van der Waals surface area contributed by atoms with E-state index in [-0.39, 0.29) is 10.2 Å². The molecule has 0 N–H and O–H groups in total. The normalized spacial score (nSPS) is 10.3. The number of benzene rings is 3. The molecule has 0 heterocycles. The van der Waals surface area contributed by atoms with Gasteiger partial charge in [0, 0.05) is 9.79 Å². The zero-order valence-electron chi connectivity index (χ0n) is 15.1. The lowest BCUT2D eigenvalue weighted by molar-refractivity contribution is -0.107. The van der Waals surface area contributed by atoms with Gasteiger partial charge in [0.05, 0.1) is 0 Å². The van der Waals surface area contributed by atoms with Crippen molar-refractivity contribution in [2.24, 2.45) is 0 Å². The van der Waals surface area contributed by atoms with Gasteiger partial charge in [0.1, 0.15) is 0 Å². The van der Waals surface area contributed by atoms with Gasteiger partial charge < -0.3 is 0 Å². The maximum Gasteiger partial charge on any atom is 0.216 e. The highest BCUT2D eigenvalue weighted by Gasteiger charge is 2.04. The van der Waals surface area contributed by atoms with Gasteiger partial charge in [-0.05, 0) is 82.2 Å². The standard InChI is InChI=1S/C24H18O2S2/c1-3-23(25)27-21-13-9-19(10-14-21)17-5-7-18(8-6-17)20-11-15-22(16-12-20)28-24(26)4-2/h3-16H,1-2H2. The van der Waals surface area contributed by atoms with E-state index in [4.69, 9.17) is 0 Å². The van der Waals surface area contributed by atoms with Crippen molar-refractivity contribution < 1.29 is 9.59 Å². The molecule has 4 heteroatoms. The highest BCUT2D eigenvalue weighted by molar-refractivity contribution is 8.14. The van der Waals surface area contributed by atoms with Gasteiger partial charge in [0.15, 0.2) is 0 Å². The number of hydrogen-bond acceptors (Lipinski definition) is 4. The van der Waals surface area contributed by atoms with Crippen LogP contribution in [0.1, 0.15) is 0 Å². The van der Waals surface area contributed by atoms with Crippen LogP contribution in [0, 0.1) is 0 Å². The molecule has 2 nitrogen and oxygen atoms in total. The second-order valence-electron chi connectivity index (χ2n) is 5.88. The van der Waals surface area contributed by atoms with Crippen LogP contribution < -0.4 is 0 Å². The van der Waals surface area contributed by atoms with E-state index in [0.717, 1.165) is 32.0 Å². The van der Waals surface area contributed by atoms with E-state index in [2.05, 4.69) is 37.4 Å². The molecule has 0 saturated heterocycles. The molecule has 28 heavy (non-hydrogen) atoms. The van der Waals surface area contributed by atoms with Gasteiger partial charge in [0.25, 0.3) is 0 Å². The van der Waals surface area contributed by atoms with Gasteiger partial charge in [-0.15, -0.1) is 0 Å². The number of carbonyl (C=O) groups excluding carboxylic acids is 2. The van der Waals surface area contributed by atoms with Crippen LogP contribution >= 0.6 is 23.5 Å². The summed E-state index contributed by atoms with van der Waals surface area (Å²) >= 11 is 2.34. The Morgan fingerprint density at radius 2 is 0.786 bits per heavy atom. The molecular formula is C24H18O2S2. The number of rotatable bonds is 6. The summed E-state index contributed by atoms with van der Waals surface area (Å²) in [5.41, 5.74) is 4.41. The molecule has 0 aliphatic carbocycles. The van der Waals surface area contributed by atoms with E-state index < -0.39 is 0 Å². The maximum absolute atomic E-state index is 11.4. The zero-order chi connectivity index (χ0) is 19.9. The smallest absolute Gasteiger partial charge is 0.216 e. The Morgan fingerprint density at radius 1 is 0.536 bits per heavy atom. The Kier molecular flexibility index (Phi) is 6.69. The Labute approximate surface area is 173 Å². The summed E-state index contributed by atoms with van der Waals surface area (Å²) in [6, 6.07) is 24.1.